The van der Waals surface area contributed by atoms with Crippen LogP contribution >= 0.6 is 7.60 Å². The van der Waals surface area contributed by atoms with Crippen LogP contribution in [-0.4, -0.2) is 71.3 Å². The van der Waals surface area contributed by atoms with Crippen LogP contribution in [0.5, 0.6) is 0 Å². The number of likely N-dealkylation sites (N-methyl/N-ethyl adjacent to an activating group) is 1. The van der Waals surface area contributed by atoms with Gasteiger partial charge in [0, 0.05) is 26.4 Å². The predicted molar refractivity (Wildman–Crippen MR) is 223 cm³/mol. The van der Waals surface area contributed by atoms with Crippen molar-refractivity contribution in [3.63, 3.8) is 0 Å². The van der Waals surface area contributed by atoms with Crippen LogP contribution < -0.4 is 0 Å². The van der Waals surface area contributed by atoms with Gasteiger partial charge in [-0.25, -0.2) is 0 Å². The molecule has 0 heterocycles. The molecule has 0 aliphatic heterocycles. The monoisotopic (exact) mass is 742 g/mol. The highest BCUT2D eigenvalue weighted by Crippen LogP contribution is 2.45. The van der Waals surface area contributed by atoms with Gasteiger partial charge in [0.1, 0.15) is 6.10 Å². The van der Waals surface area contributed by atoms with Gasteiger partial charge in [0.25, 0.3) is 0 Å². The van der Waals surface area contributed by atoms with Crippen LogP contribution in [0.2, 0.25) is 0 Å². The molecule has 0 radical (unpaired) electrons. The Morgan fingerprint density at radius 1 is 0.490 bits per heavy atom. The fraction of sp³-hybridized carbons (Fsp3) is 0.909. The third-order valence-electron chi connectivity index (χ3n) is 9.41. The van der Waals surface area contributed by atoms with E-state index in [0.717, 1.165) is 12.8 Å². The first-order valence-electron chi connectivity index (χ1n) is 21.9. The second-order valence-electron chi connectivity index (χ2n) is 15.2. The minimum atomic E-state index is -3.19. The third kappa shape index (κ3) is 42.1. The second-order valence-corrected chi connectivity index (χ2v) is 17.2. The highest BCUT2D eigenvalue weighted by molar-refractivity contribution is 7.53. The van der Waals surface area contributed by atoms with E-state index < -0.39 is 7.60 Å². The zero-order valence-corrected chi connectivity index (χ0v) is 35.8. The van der Waals surface area contributed by atoms with Crippen molar-refractivity contribution in [1.29, 1.82) is 0 Å². The van der Waals surface area contributed by atoms with Gasteiger partial charge >= 0.3 is 7.60 Å². The molecule has 7 heteroatoms. The molecule has 0 saturated heterocycles. The Morgan fingerprint density at radius 3 is 1.18 bits per heavy atom. The first-order valence-corrected chi connectivity index (χ1v) is 23.9. The van der Waals surface area contributed by atoms with E-state index in [1.165, 1.54) is 167 Å². The van der Waals surface area contributed by atoms with E-state index >= 15 is 0 Å². The molecule has 0 amide bonds. The standard InChI is InChI=1S/C44H88NO5P/c1-6-8-10-12-14-16-18-20-22-24-26-28-30-32-34-36-39-47-42-44(50-51(5,46)49-41-38-45(3)4)43-48-40-37-35-33-31-29-27-25-23-21-19-17-15-13-11-9-7-2/h20-23,44H,6-19,24-43H2,1-5H3. The molecule has 304 valence electrons. The lowest BCUT2D eigenvalue weighted by Crippen LogP contribution is -2.26. The number of hydrogen-bond donors (Lipinski definition) is 0. The number of ether oxygens (including phenoxy) is 2. The number of nitrogens with zero attached hydrogens (tertiary/aromatic N) is 1. The first-order chi connectivity index (χ1) is 24.9. The summed E-state index contributed by atoms with van der Waals surface area (Å²) in [5.41, 5.74) is 0. The Bertz CT molecular complexity index is 743. The quantitative estimate of drug-likeness (QED) is 0.0353. The topological polar surface area (TPSA) is 57.2 Å². The van der Waals surface area contributed by atoms with Crippen LogP contribution in [0.1, 0.15) is 194 Å². The van der Waals surface area contributed by atoms with Crippen LogP contribution in [0.25, 0.3) is 0 Å². The molecule has 0 fully saturated rings. The van der Waals surface area contributed by atoms with Gasteiger partial charge in [0.2, 0.25) is 0 Å². The summed E-state index contributed by atoms with van der Waals surface area (Å²) < 4.78 is 36.5. The molecule has 0 rings (SSSR count). The van der Waals surface area contributed by atoms with Gasteiger partial charge in [-0.15, -0.1) is 0 Å². The zero-order valence-electron chi connectivity index (χ0n) is 34.9. The van der Waals surface area contributed by atoms with Crippen LogP contribution in [0, 0.1) is 0 Å². The molecule has 51 heavy (non-hydrogen) atoms. The highest BCUT2D eigenvalue weighted by Gasteiger charge is 2.24. The van der Waals surface area contributed by atoms with E-state index in [9.17, 15) is 4.57 Å². The average Bonchev–Trinajstić information content (AvgIpc) is 3.10. The molecule has 0 N–H and O–H groups in total. The van der Waals surface area contributed by atoms with Crippen molar-refractivity contribution in [3.05, 3.63) is 24.3 Å². The first kappa shape index (κ1) is 50.5. The lowest BCUT2D eigenvalue weighted by Gasteiger charge is -2.23. The van der Waals surface area contributed by atoms with Gasteiger partial charge in [-0.05, 0) is 78.3 Å². The van der Waals surface area contributed by atoms with Crippen LogP contribution in [0.4, 0.5) is 0 Å². The molecule has 0 spiro atoms. The minimum Gasteiger partial charge on any atom is -0.379 e. The Balaban J connectivity index is 4.01. The van der Waals surface area contributed by atoms with E-state index in [4.69, 9.17) is 18.5 Å². The fourth-order valence-electron chi connectivity index (χ4n) is 6.13. The summed E-state index contributed by atoms with van der Waals surface area (Å²) in [5, 5.41) is 0. The van der Waals surface area contributed by atoms with E-state index in [1.54, 1.807) is 6.66 Å². The van der Waals surface area contributed by atoms with Gasteiger partial charge in [-0.2, -0.15) is 0 Å². The number of rotatable bonds is 42. The third-order valence-corrected chi connectivity index (χ3v) is 10.7. The summed E-state index contributed by atoms with van der Waals surface area (Å²) in [4.78, 5) is 2.01. The summed E-state index contributed by atoms with van der Waals surface area (Å²) in [6.45, 7) is 9.36. The summed E-state index contributed by atoms with van der Waals surface area (Å²) in [5.74, 6) is 0. The van der Waals surface area contributed by atoms with Gasteiger partial charge in [-0.1, -0.05) is 154 Å². The molecule has 1 atom stereocenters. The predicted octanol–water partition coefficient (Wildman–Crippen LogP) is 13.9. The van der Waals surface area contributed by atoms with Crippen molar-refractivity contribution in [2.75, 3.05) is 60.3 Å². The lowest BCUT2D eigenvalue weighted by molar-refractivity contribution is -0.0142. The normalized spacial score (nSPS) is 14.0. The Kier molecular flexibility index (Phi) is 40.3. The second kappa shape index (κ2) is 40.7. The van der Waals surface area contributed by atoms with Gasteiger partial charge in [0.05, 0.1) is 19.8 Å². The fourth-order valence-corrected chi connectivity index (χ4v) is 7.27. The summed E-state index contributed by atoms with van der Waals surface area (Å²) in [6, 6.07) is 0. The molecule has 0 bridgehead atoms. The maximum atomic E-state index is 13.0. The van der Waals surface area contributed by atoms with Crippen LogP contribution in [0.3, 0.4) is 0 Å². The van der Waals surface area contributed by atoms with E-state index in [0.29, 0.717) is 39.6 Å². The summed E-state index contributed by atoms with van der Waals surface area (Å²) >= 11 is 0. The van der Waals surface area contributed by atoms with Crippen molar-refractivity contribution in [2.45, 2.75) is 200 Å². The molecule has 0 aromatic carbocycles. The lowest BCUT2D eigenvalue weighted by atomic mass is 10.1. The SMILES string of the molecule is CCCCCCCCC=CCCCCCCCCOCC(COCCCCCCCCC=CCCCCCCCC)OP(C)(=O)OCCN(C)C. The van der Waals surface area contributed by atoms with Crippen LogP contribution in [-0.2, 0) is 23.1 Å². The minimum absolute atomic E-state index is 0.375. The molecule has 0 saturated carbocycles. The maximum Gasteiger partial charge on any atom is 0.328 e. The van der Waals surface area contributed by atoms with Crippen molar-refractivity contribution >= 4 is 7.60 Å². The smallest absolute Gasteiger partial charge is 0.328 e. The molecule has 6 nitrogen and oxygen atoms in total. The molecular formula is C44H88NO5P. The van der Waals surface area contributed by atoms with Gasteiger partial charge in [-0.3, -0.25) is 4.57 Å². The van der Waals surface area contributed by atoms with E-state index in [2.05, 4.69) is 38.2 Å². The Labute approximate surface area is 319 Å². The highest BCUT2D eigenvalue weighted by atomic mass is 31.2. The van der Waals surface area contributed by atoms with Gasteiger partial charge in [0.15, 0.2) is 0 Å². The summed E-state index contributed by atoms with van der Waals surface area (Å²) in [6.07, 6.45) is 45.5. The number of allylic oxidation sites excluding steroid dienone is 4. The summed E-state index contributed by atoms with van der Waals surface area (Å²) in [7, 11) is 0.758. The van der Waals surface area contributed by atoms with Crippen molar-refractivity contribution < 1.29 is 23.1 Å². The molecule has 0 aliphatic carbocycles. The molecule has 0 aromatic rings. The van der Waals surface area contributed by atoms with E-state index in [-0.39, 0.29) is 6.10 Å². The van der Waals surface area contributed by atoms with Crippen molar-refractivity contribution in [1.82, 2.24) is 4.90 Å². The molecule has 0 aromatic heterocycles. The van der Waals surface area contributed by atoms with Crippen molar-refractivity contribution in [2.24, 2.45) is 0 Å². The number of hydrogen-bond acceptors (Lipinski definition) is 6. The van der Waals surface area contributed by atoms with E-state index in [1.807, 2.05) is 19.0 Å². The van der Waals surface area contributed by atoms with Crippen LogP contribution in [0.15, 0.2) is 24.3 Å². The molecular weight excluding hydrogens is 653 g/mol. The van der Waals surface area contributed by atoms with Crippen molar-refractivity contribution in [3.8, 4) is 0 Å². The van der Waals surface area contributed by atoms with Gasteiger partial charge < -0.3 is 23.4 Å². The largest absolute Gasteiger partial charge is 0.379 e. The zero-order chi connectivity index (χ0) is 37.4. The Hall–Kier alpha value is -0.490. The molecule has 1 unspecified atom stereocenters. The average molecular weight is 742 g/mol. The Morgan fingerprint density at radius 2 is 0.824 bits per heavy atom. The molecule has 0 aliphatic rings. The number of unbranched alkanes of at least 4 members (excludes halogenated alkanes) is 24. The maximum absolute atomic E-state index is 13.0.